The average Bonchev–Trinajstić information content (AvgIpc) is 2.92. The van der Waals surface area contributed by atoms with Gasteiger partial charge in [0.05, 0.1) is 4.90 Å². The van der Waals surface area contributed by atoms with Gasteiger partial charge in [0, 0.05) is 25.8 Å². The summed E-state index contributed by atoms with van der Waals surface area (Å²) in [5.74, 6) is -0.812. The van der Waals surface area contributed by atoms with E-state index in [-0.39, 0.29) is 17.1 Å². The van der Waals surface area contributed by atoms with Crippen molar-refractivity contribution in [3.05, 3.63) is 90.5 Å². The number of carbonyl (C=O) groups is 1. The molecule has 3 aromatic rings. The van der Waals surface area contributed by atoms with Crippen LogP contribution in [0.1, 0.15) is 12.0 Å². The summed E-state index contributed by atoms with van der Waals surface area (Å²) in [7, 11) is -7.26. The lowest BCUT2D eigenvalue weighted by Gasteiger charge is -2.21. The second kappa shape index (κ2) is 13.7. The van der Waals surface area contributed by atoms with Crippen molar-refractivity contribution >= 4 is 29.2 Å². The highest BCUT2D eigenvalue weighted by atomic mass is 32.2. The van der Waals surface area contributed by atoms with Crippen molar-refractivity contribution in [1.82, 2.24) is 10.0 Å². The van der Waals surface area contributed by atoms with Crippen LogP contribution in [0.25, 0.3) is 0 Å². The number of rotatable bonds is 14. The van der Waals surface area contributed by atoms with Gasteiger partial charge in [0.15, 0.2) is 0 Å². The molecule has 9 nitrogen and oxygen atoms in total. The predicted octanol–water partition coefficient (Wildman–Crippen LogP) is 4.01. The van der Waals surface area contributed by atoms with Crippen molar-refractivity contribution < 1.29 is 36.0 Å². The van der Waals surface area contributed by atoms with E-state index in [4.69, 9.17) is 0 Å². The summed E-state index contributed by atoms with van der Waals surface area (Å²) in [6.07, 6.45) is -3.04. The molecule has 13 heteroatoms. The van der Waals surface area contributed by atoms with E-state index in [1.807, 2.05) is 42.3 Å². The Bertz CT molecular complexity index is 1360. The molecule has 0 aliphatic heterocycles. The maximum absolute atomic E-state index is 13.1. The predicted molar refractivity (Wildman–Crippen MR) is 144 cm³/mol. The van der Waals surface area contributed by atoms with Gasteiger partial charge in [-0.05, 0) is 54.8 Å². The quantitative estimate of drug-likeness (QED) is 0.194. The highest BCUT2D eigenvalue weighted by molar-refractivity contribution is 7.89. The van der Waals surface area contributed by atoms with Crippen LogP contribution in [0, 0.1) is 0 Å². The first-order chi connectivity index (χ1) is 18.5. The van der Waals surface area contributed by atoms with Gasteiger partial charge in [0.2, 0.25) is 15.9 Å². The van der Waals surface area contributed by atoms with Gasteiger partial charge < -0.3 is 19.6 Å². The molecule has 0 spiro atoms. The Morgan fingerprint density at radius 1 is 1.00 bits per heavy atom. The SMILES string of the molecule is CN(CCCNC(=O)[C@H](Cc1ccc(OP(=O)(O)C(F)F)cc1)NS(=O)(=O)c1ccccc1)c1ccccc1. The third kappa shape index (κ3) is 9.14. The van der Waals surface area contributed by atoms with Gasteiger partial charge in [-0.15, -0.1) is 0 Å². The minimum Gasteiger partial charge on any atom is -0.421 e. The number of halogens is 2. The van der Waals surface area contributed by atoms with Gasteiger partial charge in [0.25, 0.3) is 0 Å². The molecule has 1 amide bonds. The van der Waals surface area contributed by atoms with Crippen molar-refractivity contribution in [2.24, 2.45) is 0 Å². The van der Waals surface area contributed by atoms with Crippen LogP contribution >= 0.6 is 7.60 Å². The second-order valence-corrected chi connectivity index (χ2v) is 12.1. The van der Waals surface area contributed by atoms with Crippen LogP contribution in [-0.4, -0.2) is 51.6 Å². The number of sulfonamides is 1. The van der Waals surface area contributed by atoms with Crippen molar-refractivity contribution in [3.8, 4) is 5.75 Å². The van der Waals surface area contributed by atoms with Crippen molar-refractivity contribution in [2.45, 2.75) is 29.9 Å². The Kier molecular flexibility index (Phi) is 10.6. The van der Waals surface area contributed by atoms with E-state index in [9.17, 15) is 31.5 Å². The number of carbonyl (C=O) groups excluding carboxylic acids is 1. The van der Waals surface area contributed by atoms with E-state index in [0.717, 1.165) is 5.69 Å². The fourth-order valence-corrected chi connectivity index (χ4v) is 5.34. The monoisotopic (exact) mass is 581 g/mol. The average molecular weight is 582 g/mol. The lowest BCUT2D eigenvalue weighted by atomic mass is 10.1. The number of nitrogens with zero attached hydrogens (tertiary/aromatic N) is 1. The third-order valence-corrected chi connectivity index (χ3v) is 8.13. The number of nitrogens with one attached hydrogen (secondary N) is 2. The van der Waals surface area contributed by atoms with E-state index in [1.54, 1.807) is 18.2 Å². The fourth-order valence-electron chi connectivity index (χ4n) is 3.62. The molecule has 0 saturated heterocycles. The van der Waals surface area contributed by atoms with Gasteiger partial charge in [-0.2, -0.15) is 13.5 Å². The first-order valence-corrected chi connectivity index (χ1v) is 15.1. The Hall–Kier alpha value is -3.31. The van der Waals surface area contributed by atoms with Crippen LogP contribution in [0.15, 0.2) is 89.8 Å². The molecule has 0 bridgehead atoms. The molecule has 3 rings (SSSR count). The van der Waals surface area contributed by atoms with E-state index >= 15 is 0 Å². The summed E-state index contributed by atoms with van der Waals surface area (Å²) >= 11 is 0. The first-order valence-electron chi connectivity index (χ1n) is 12.0. The summed E-state index contributed by atoms with van der Waals surface area (Å²) in [6.45, 7) is 0.950. The maximum Gasteiger partial charge on any atom is 0.442 e. The van der Waals surface area contributed by atoms with E-state index in [1.165, 1.54) is 36.4 Å². The number of hydrogen-bond donors (Lipinski definition) is 3. The van der Waals surface area contributed by atoms with Crippen molar-refractivity contribution in [2.75, 3.05) is 25.0 Å². The largest absolute Gasteiger partial charge is 0.442 e. The lowest BCUT2D eigenvalue weighted by molar-refractivity contribution is -0.122. The molecular weight excluding hydrogens is 551 g/mol. The zero-order valence-electron chi connectivity index (χ0n) is 21.1. The molecule has 1 unspecified atom stereocenters. The minimum absolute atomic E-state index is 0.0123. The van der Waals surface area contributed by atoms with Crippen LogP contribution in [-0.2, 0) is 25.8 Å². The Labute approximate surface area is 226 Å². The lowest BCUT2D eigenvalue weighted by Crippen LogP contribution is -2.48. The molecule has 0 heterocycles. The van der Waals surface area contributed by atoms with Gasteiger partial charge in [-0.1, -0.05) is 48.5 Å². The summed E-state index contributed by atoms with van der Waals surface area (Å²) in [5, 5.41) is 2.77. The van der Waals surface area contributed by atoms with Gasteiger partial charge in [-0.25, -0.2) is 13.0 Å². The number of benzene rings is 3. The molecule has 3 aromatic carbocycles. The molecule has 0 fully saturated rings. The summed E-state index contributed by atoms with van der Waals surface area (Å²) in [5.41, 5.74) is 1.49. The minimum atomic E-state index is -5.14. The third-order valence-electron chi connectivity index (χ3n) is 5.68. The number of anilines is 1. The van der Waals surface area contributed by atoms with Crippen LogP contribution in [0.3, 0.4) is 0 Å². The van der Waals surface area contributed by atoms with Gasteiger partial charge in [-0.3, -0.25) is 4.79 Å². The molecule has 0 radical (unpaired) electrons. The van der Waals surface area contributed by atoms with Crippen LogP contribution in [0.2, 0.25) is 0 Å². The second-order valence-electron chi connectivity index (χ2n) is 8.67. The maximum atomic E-state index is 13.1. The summed E-state index contributed by atoms with van der Waals surface area (Å²) in [4.78, 5) is 24.3. The van der Waals surface area contributed by atoms with E-state index < -0.39 is 35.7 Å². The number of alkyl halides is 2. The van der Waals surface area contributed by atoms with Crippen LogP contribution in [0.4, 0.5) is 14.5 Å². The van der Waals surface area contributed by atoms with Crippen LogP contribution in [0.5, 0.6) is 5.75 Å². The zero-order chi connectivity index (χ0) is 28.5. The topological polar surface area (TPSA) is 125 Å². The molecule has 0 saturated carbocycles. The molecule has 0 aliphatic rings. The molecule has 2 atom stereocenters. The Morgan fingerprint density at radius 2 is 1.59 bits per heavy atom. The van der Waals surface area contributed by atoms with Crippen LogP contribution < -0.4 is 19.5 Å². The molecular formula is C26H30F2N3O6PS. The molecule has 210 valence electrons. The molecule has 0 aromatic heterocycles. The number of hydrogen-bond acceptors (Lipinski definition) is 6. The zero-order valence-corrected chi connectivity index (χ0v) is 22.8. The van der Waals surface area contributed by atoms with Crippen molar-refractivity contribution in [3.63, 3.8) is 0 Å². The first kappa shape index (κ1) is 30.2. The Morgan fingerprint density at radius 3 is 2.18 bits per heavy atom. The fraction of sp³-hybridized carbons (Fsp3) is 0.269. The normalized spacial score (nSPS) is 13.9. The smallest absolute Gasteiger partial charge is 0.421 e. The standard InChI is InChI=1S/C26H30F2N3O6PS/c1-31(21-9-4-2-5-10-21)18-8-17-29-25(32)24(30-39(35,36)23-11-6-3-7-12-23)19-20-13-15-22(16-14-20)37-38(33,34)26(27)28/h2-7,9-16,24,26,30H,8,17-19H2,1H3,(H,29,32)(H,33,34)/t24-/m0/s1. The Balaban J connectivity index is 1.68. The highest BCUT2D eigenvalue weighted by Gasteiger charge is 2.34. The molecule has 39 heavy (non-hydrogen) atoms. The summed E-state index contributed by atoms with van der Waals surface area (Å²) < 4.78 is 69.5. The number of amides is 1. The van der Waals surface area contributed by atoms with E-state index in [2.05, 4.69) is 14.6 Å². The van der Waals surface area contributed by atoms with Gasteiger partial charge in [0.1, 0.15) is 11.8 Å². The highest BCUT2D eigenvalue weighted by Crippen LogP contribution is 2.48. The molecule has 0 aliphatic carbocycles. The molecule has 3 N–H and O–H groups in total. The number of para-hydroxylation sites is 1. The van der Waals surface area contributed by atoms with E-state index in [0.29, 0.717) is 25.1 Å². The van der Waals surface area contributed by atoms with Crippen molar-refractivity contribution in [1.29, 1.82) is 0 Å². The van der Waals surface area contributed by atoms with Gasteiger partial charge >= 0.3 is 13.8 Å². The summed E-state index contributed by atoms with van der Waals surface area (Å²) in [6, 6.07) is 21.3.